The van der Waals surface area contributed by atoms with Gasteiger partial charge in [0.2, 0.25) is 5.91 Å². The Morgan fingerprint density at radius 1 is 1.56 bits per heavy atom. The Morgan fingerprint density at radius 2 is 2.25 bits per heavy atom. The molecule has 16 heavy (non-hydrogen) atoms. The highest BCUT2D eigenvalue weighted by Gasteiger charge is 2.08. The number of hydrogen-bond acceptors (Lipinski definition) is 2. The third kappa shape index (κ3) is 3.08. The summed E-state index contributed by atoms with van der Waals surface area (Å²) in [5.41, 5.74) is 0.584. The van der Waals surface area contributed by atoms with Gasteiger partial charge >= 0.3 is 0 Å². The number of phenols is 1. The summed E-state index contributed by atoms with van der Waals surface area (Å²) < 4.78 is 12.8. The number of allylic oxidation sites excluding steroid dienone is 1. The number of rotatable bonds is 3. The van der Waals surface area contributed by atoms with Crippen molar-refractivity contribution < 1.29 is 14.3 Å². The molecular formula is C12H14FNO2. The van der Waals surface area contributed by atoms with Crippen molar-refractivity contribution in [1.29, 1.82) is 0 Å². The first-order valence-corrected chi connectivity index (χ1v) is 4.90. The van der Waals surface area contributed by atoms with Crippen LogP contribution in [0.5, 0.6) is 5.75 Å². The van der Waals surface area contributed by atoms with Gasteiger partial charge in [-0.05, 0) is 24.6 Å². The summed E-state index contributed by atoms with van der Waals surface area (Å²) in [6.45, 7) is 1.81. The fourth-order valence-electron chi connectivity index (χ4n) is 1.27. The van der Waals surface area contributed by atoms with Gasteiger partial charge < -0.3 is 10.0 Å². The first-order chi connectivity index (χ1) is 7.54. The van der Waals surface area contributed by atoms with E-state index in [1.54, 1.807) is 19.3 Å². The number of aromatic hydroxyl groups is 1. The Labute approximate surface area is 93.8 Å². The molecule has 3 nitrogen and oxygen atoms in total. The van der Waals surface area contributed by atoms with Gasteiger partial charge in [0, 0.05) is 13.2 Å². The van der Waals surface area contributed by atoms with E-state index >= 15 is 0 Å². The molecule has 0 aliphatic carbocycles. The second-order valence-electron chi connectivity index (χ2n) is 3.45. The number of amides is 1. The third-order valence-electron chi connectivity index (χ3n) is 2.13. The van der Waals surface area contributed by atoms with Gasteiger partial charge in [-0.25, -0.2) is 4.39 Å². The van der Waals surface area contributed by atoms with Gasteiger partial charge in [0.05, 0.1) is 6.42 Å². The fraction of sp³-hybridized carbons (Fsp3) is 0.250. The molecule has 1 aromatic rings. The normalized spacial score (nSPS) is 10.7. The highest BCUT2D eigenvalue weighted by molar-refractivity contribution is 5.79. The minimum atomic E-state index is -0.682. The fourth-order valence-corrected chi connectivity index (χ4v) is 1.27. The molecule has 1 aromatic carbocycles. The zero-order valence-corrected chi connectivity index (χ0v) is 9.27. The molecule has 0 aromatic heterocycles. The van der Waals surface area contributed by atoms with E-state index in [-0.39, 0.29) is 12.3 Å². The minimum absolute atomic E-state index is 0.121. The highest BCUT2D eigenvalue weighted by Crippen LogP contribution is 2.17. The molecule has 0 spiro atoms. The van der Waals surface area contributed by atoms with Crippen molar-refractivity contribution in [3.63, 3.8) is 0 Å². The standard InChI is InChI=1S/C12H14FNO2/c1-3-6-14(2)12(16)8-9-4-5-10(13)11(15)7-9/h3-7,15H,8H2,1-2H3/b6-3-. The minimum Gasteiger partial charge on any atom is -0.505 e. The average Bonchev–Trinajstić information content (AvgIpc) is 2.24. The SMILES string of the molecule is C/C=C\N(C)C(=O)Cc1ccc(F)c(O)c1. The molecule has 1 amide bonds. The van der Waals surface area contributed by atoms with E-state index in [0.29, 0.717) is 5.56 Å². The summed E-state index contributed by atoms with van der Waals surface area (Å²) in [6, 6.07) is 3.89. The molecule has 0 aliphatic rings. The number of nitrogens with zero attached hydrogens (tertiary/aromatic N) is 1. The average molecular weight is 223 g/mol. The maximum atomic E-state index is 12.8. The van der Waals surface area contributed by atoms with Crippen LogP contribution in [0.25, 0.3) is 0 Å². The highest BCUT2D eigenvalue weighted by atomic mass is 19.1. The lowest BCUT2D eigenvalue weighted by molar-refractivity contribution is -0.126. The van der Waals surface area contributed by atoms with Crippen molar-refractivity contribution in [3.8, 4) is 5.75 Å². The number of hydrogen-bond donors (Lipinski definition) is 1. The third-order valence-corrected chi connectivity index (χ3v) is 2.13. The number of likely N-dealkylation sites (N-methyl/N-ethyl adjacent to an activating group) is 1. The lowest BCUT2D eigenvalue weighted by Crippen LogP contribution is -2.22. The monoisotopic (exact) mass is 223 g/mol. The van der Waals surface area contributed by atoms with Crippen LogP contribution < -0.4 is 0 Å². The molecule has 0 heterocycles. The Kier molecular flexibility index (Phi) is 4.05. The first kappa shape index (κ1) is 12.2. The zero-order chi connectivity index (χ0) is 12.1. The lowest BCUT2D eigenvalue weighted by Gasteiger charge is -2.11. The van der Waals surface area contributed by atoms with Crippen molar-refractivity contribution >= 4 is 5.91 Å². The number of halogens is 1. The van der Waals surface area contributed by atoms with E-state index < -0.39 is 11.6 Å². The summed E-state index contributed by atoms with van der Waals surface area (Å²) in [5, 5.41) is 9.14. The largest absolute Gasteiger partial charge is 0.505 e. The summed E-state index contributed by atoms with van der Waals surface area (Å²) in [6.07, 6.45) is 3.53. The molecule has 0 atom stereocenters. The summed E-state index contributed by atoms with van der Waals surface area (Å²) in [4.78, 5) is 13.0. The molecule has 86 valence electrons. The smallest absolute Gasteiger partial charge is 0.230 e. The van der Waals surface area contributed by atoms with Gasteiger partial charge in [0.1, 0.15) is 0 Å². The van der Waals surface area contributed by atoms with Crippen molar-refractivity contribution in [2.75, 3.05) is 7.05 Å². The summed E-state index contributed by atoms with van der Waals surface area (Å²) in [7, 11) is 1.64. The lowest BCUT2D eigenvalue weighted by atomic mass is 10.1. The molecule has 0 saturated heterocycles. The van der Waals surface area contributed by atoms with E-state index in [2.05, 4.69) is 0 Å². The molecule has 0 radical (unpaired) electrons. The molecule has 0 unspecified atom stereocenters. The van der Waals surface area contributed by atoms with Crippen LogP contribution in [-0.4, -0.2) is 23.0 Å². The molecule has 1 rings (SSSR count). The molecular weight excluding hydrogens is 209 g/mol. The molecule has 4 heteroatoms. The Hall–Kier alpha value is -1.84. The van der Waals surface area contributed by atoms with E-state index in [1.807, 2.05) is 6.92 Å². The van der Waals surface area contributed by atoms with E-state index in [9.17, 15) is 9.18 Å². The summed E-state index contributed by atoms with van der Waals surface area (Å²) in [5.74, 6) is -1.24. The molecule has 1 N–H and O–H groups in total. The summed E-state index contributed by atoms with van der Waals surface area (Å²) >= 11 is 0. The maximum Gasteiger partial charge on any atom is 0.230 e. The van der Waals surface area contributed by atoms with Gasteiger partial charge in [0.15, 0.2) is 11.6 Å². The topological polar surface area (TPSA) is 40.5 Å². The van der Waals surface area contributed by atoms with Gasteiger partial charge in [-0.15, -0.1) is 0 Å². The van der Waals surface area contributed by atoms with Crippen LogP contribution >= 0.6 is 0 Å². The Morgan fingerprint density at radius 3 is 2.81 bits per heavy atom. The molecule has 0 aliphatic heterocycles. The van der Waals surface area contributed by atoms with Crippen LogP contribution in [-0.2, 0) is 11.2 Å². The number of carbonyl (C=O) groups is 1. The molecule has 0 fully saturated rings. The quantitative estimate of drug-likeness (QED) is 0.852. The van der Waals surface area contributed by atoms with Crippen LogP contribution in [0.15, 0.2) is 30.5 Å². The first-order valence-electron chi connectivity index (χ1n) is 4.90. The molecule has 0 saturated carbocycles. The predicted octanol–water partition coefficient (Wildman–Crippen LogP) is 2.07. The number of benzene rings is 1. The van der Waals surface area contributed by atoms with Crippen LogP contribution in [0, 0.1) is 5.82 Å². The van der Waals surface area contributed by atoms with Gasteiger partial charge in [0.25, 0.3) is 0 Å². The Bertz CT molecular complexity index is 415. The second-order valence-corrected chi connectivity index (χ2v) is 3.45. The van der Waals surface area contributed by atoms with Crippen molar-refractivity contribution in [2.45, 2.75) is 13.3 Å². The predicted molar refractivity (Wildman–Crippen MR) is 59.4 cm³/mol. The number of carbonyl (C=O) groups excluding carboxylic acids is 1. The zero-order valence-electron chi connectivity index (χ0n) is 9.27. The van der Waals surface area contributed by atoms with Crippen molar-refractivity contribution in [1.82, 2.24) is 4.90 Å². The van der Waals surface area contributed by atoms with Crippen molar-refractivity contribution in [3.05, 3.63) is 41.9 Å². The van der Waals surface area contributed by atoms with E-state index in [4.69, 9.17) is 5.11 Å². The van der Waals surface area contributed by atoms with Crippen LogP contribution in [0.3, 0.4) is 0 Å². The van der Waals surface area contributed by atoms with Crippen LogP contribution in [0.1, 0.15) is 12.5 Å². The van der Waals surface area contributed by atoms with Crippen LogP contribution in [0.2, 0.25) is 0 Å². The maximum absolute atomic E-state index is 12.8. The van der Waals surface area contributed by atoms with E-state index in [1.165, 1.54) is 17.0 Å². The van der Waals surface area contributed by atoms with Crippen LogP contribution in [0.4, 0.5) is 4.39 Å². The van der Waals surface area contributed by atoms with E-state index in [0.717, 1.165) is 6.07 Å². The Balaban J connectivity index is 2.73. The second kappa shape index (κ2) is 5.30. The van der Waals surface area contributed by atoms with Gasteiger partial charge in [-0.1, -0.05) is 12.1 Å². The van der Waals surface area contributed by atoms with Gasteiger partial charge in [-0.3, -0.25) is 4.79 Å². The van der Waals surface area contributed by atoms with Crippen molar-refractivity contribution in [2.24, 2.45) is 0 Å². The van der Waals surface area contributed by atoms with Gasteiger partial charge in [-0.2, -0.15) is 0 Å². The molecule has 0 bridgehead atoms. The number of phenolic OH excluding ortho intramolecular Hbond substituents is 1.